The van der Waals surface area contributed by atoms with Crippen molar-refractivity contribution in [2.75, 3.05) is 0 Å². The molecule has 0 bridgehead atoms. The molecule has 0 aliphatic rings. The Morgan fingerprint density at radius 1 is 1.39 bits per heavy atom. The summed E-state index contributed by atoms with van der Waals surface area (Å²) in [7, 11) is 0. The molecule has 2 rings (SSSR count). The first-order valence-electron chi connectivity index (χ1n) is 4.99. The zero-order chi connectivity index (χ0) is 13.3. The number of imidazole rings is 1. The number of benzene rings is 1. The van der Waals surface area contributed by atoms with Gasteiger partial charge in [0.2, 0.25) is 5.82 Å². The van der Waals surface area contributed by atoms with E-state index in [1.54, 1.807) is 12.1 Å². The van der Waals surface area contributed by atoms with E-state index in [0.29, 0.717) is 10.6 Å². The number of hydrogen-bond acceptors (Lipinski definition) is 4. The van der Waals surface area contributed by atoms with E-state index in [0.717, 1.165) is 10.8 Å². The van der Waals surface area contributed by atoms with Crippen LogP contribution in [0.2, 0.25) is 5.02 Å². The molecule has 0 saturated carbocycles. The van der Waals surface area contributed by atoms with Crippen LogP contribution in [0.25, 0.3) is 0 Å². The average Bonchev–Trinajstić information content (AvgIpc) is 2.71. The van der Waals surface area contributed by atoms with Crippen LogP contribution in [0, 0.1) is 17.0 Å². The van der Waals surface area contributed by atoms with Gasteiger partial charge in [0.1, 0.15) is 6.20 Å². The second kappa shape index (κ2) is 4.58. The lowest BCUT2D eigenvalue weighted by molar-refractivity contribution is -0.390. The Balaban J connectivity index is 2.49. The summed E-state index contributed by atoms with van der Waals surface area (Å²) in [5.74, 6) is -0.595. The van der Waals surface area contributed by atoms with Crippen LogP contribution in [-0.4, -0.2) is 20.4 Å². The van der Waals surface area contributed by atoms with E-state index in [4.69, 9.17) is 11.6 Å². The number of halogens is 1. The monoisotopic (exact) mass is 265 g/mol. The van der Waals surface area contributed by atoms with Gasteiger partial charge in [-0.2, -0.15) is 0 Å². The highest BCUT2D eigenvalue weighted by Gasteiger charge is 2.25. The highest BCUT2D eigenvalue weighted by molar-refractivity contribution is 6.30. The molecule has 18 heavy (non-hydrogen) atoms. The first-order chi connectivity index (χ1) is 8.50. The Labute approximate surface area is 107 Å². The SMILES string of the molecule is Cc1ncc([N+](=O)[O-])n1C(=O)c1ccc(Cl)cc1. The summed E-state index contributed by atoms with van der Waals surface area (Å²) < 4.78 is 0.962. The van der Waals surface area contributed by atoms with Crippen LogP contribution in [0.5, 0.6) is 0 Å². The van der Waals surface area contributed by atoms with Gasteiger partial charge in [-0.3, -0.25) is 0 Å². The van der Waals surface area contributed by atoms with Gasteiger partial charge in [0.25, 0.3) is 0 Å². The second-order valence-electron chi connectivity index (χ2n) is 3.57. The third kappa shape index (κ3) is 2.10. The van der Waals surface area contributed by atoms with E-state index in [9.17, 15) is 14.9 Å². The summed E-state index contributed by atoms with van der Waals surface area (Å²) in [5.41, 5.74) is 0.309. The number of aryl methyl sites for hydroxylation is 1. The fourth-order valence-electron chi connectivity index (χ4n) is 1.53. The van der Waals surface area contributed by atoms with Crippen LogP contribution < -0.4 is 0 Å². The van der Waals surface area contributed by atoms with Crippen molar-refractivity contribution in [2.45, 2.75) is 6.92 Å². The number of nitrogens with zero attached hydrogens (tertiary/aromatic N) is 3. The quantitative estimate of drug-likeness (QED) is 0.617. The third-order valence-corrected chi connectivity index (χ3v) is 2.65. The maximum atomic E-state index is 12.1. The van der Waals surface area contributed by atoms with Crippen molar-refractivity contribution in [1.82, 2.24) is 9.55 Å². The summed E-state index contributed by atoms with van der Waals surface area (Å²) in [5, 5.41) is 11.3. The lowest BCUT2D eigenvalue weighted by Crippen LogP contribution is -2.15. The predicted molar refractivity (Wildman–Crippen MR) is 64.8 cm³/mol. The minimum Gasteiger partial charge on any atom is -0.358 e. The summed E-state index contributed by atoms with van der Waals surface area (Å²) >= 11 is 5.72. The minimum absolute atomic E-state index is 0.265. The van der Waals surface area contributed by atoms with Crippen molar-refractivity contribution in [2.24, 2.45) is 0 Å². The molecule has 1 heterocycles. The molecule has 2 aromatic rings. The Kier molecular flexibility index (Phi) is 3.12. The molecule has 0 unspecified atom stereocenters. The Hall–Kier alpha value is -2.21. The zero-order valence-electron chi connectivity index (χ0n) is 9.33. The first-order valence-corrected chi connectivity index (χ1v) is 5.37. The van der Waals surface area contributed by atoms with Gasteiger partial charge in [-0.25, -0.2) is 9.78 Å². The predicted octanol–water partition coefficient (Wildman–Crippen LogP) is 2.44. The highest BCUT2D eigenvalue weighted by Crippen LogP contribution is 2.17. The van der Waals surface area contributed by atoms with Gasteiger partial charge >= 0.3 is 11.7 Å². The minimum atomic E-state index is -0.645. The van der Waals surface area contributed by atoms with Gasteiger partial charge < -0.3 is 10.1 Å². The topological polar surface area (TPSA) is 78.0 Å². The van der Waals surface area contributed by atoms with Crippen molar-refractivity contribution in [3.8, 4) is 0 Å². The molecule has 0 fully saturated rings. The van der Waals surface area contributed by atoms with E-state index < -0.39 is 10.8 Å². The average molecular weight is 266 g/mol. The van der Waals surface area contributed by atoms with E-state index in [-0.39, 0.29) is 11.6 Å². The lowest BCUT2D eigenvalue weighted by atomic mass is 10.2. The Morgan fingerprint density at radius 3 is 2.56 bits per heavy atom. The number of hydrogen-bond donors (Lipinski definition) is 0. The Bertz CT molecular complexity index is 619. The van der Waals surface area contributed by atoms with Gasteiger partial charge in [-0.05, 0) is 29.2 Å². The number of nitro groups is 1. The molecule has 1 aromatic carbocycles. The van der Waals surface area contributed by atoms with Gasteiger partial charge in [0.05, 0.1) is 5.56 Å². The molecule has 0 radical (unpaired) electrons. The van der Waals surface area contributed by atoms with Crippen LogP contribution >= 0.6 is 11.6 Å². The molecule has 1 aromatic heterocycles. The van der Waals surface area contributed by atoms with Gasteiger partial charge in [0, 0.05) is 11.9 Å². The molecule has 0 saturated heterocycles. The molecule has 92 valence electrons. The summed E-state index contributed by atoms with van der Waals surface area (Å²) in [6, 6.07) is 6.11. The summed E-state index contributed by atoms with van der Waals surface area (Å²) in [4.78, 5) is 26.1. The number of carbonyl (C=O) groups excluding carboxylic acids is 1. The van der Waals surface area contributed by atoms with Crippen molar-refractivity contribution < 1.29 is 9.72 Å². The molecule has 0 aliphatic heterocycles. The first kappa shape index (κ1) is 12.3. The summed E-state index contributed by atoms with van der Waals surface area (Å²) in [6.07, 6.45) is 1.06. The molecule has 0 amide bonds. The highest BCUT2D eigenvalue weighted by atomic mass is 35.5. The van der Waals surface area contributed by atoms with E-state index >= 15 is 0 Å². The number of aromatic nitrogens is 2. The molecular formula is C11H8ClN3O3. The molecule has 6 nitrogen and oxygen atoms in total. The standard InChI is InChI=1S/C11H8ClN3O3/c1-7-13-6-10(15(17)18)14(7)11(16)8-2-4-9(12)5-3-8/h2-6H,1H3. The second-order valence-corrected chi connectivity index (χ2v) is 4.00. The van der Waals surface area contributed by atoms with Gasteiger partial charge in [-0.1, -0.05) is 11.6 Å². The molecule has 7 heteroatoms. The van der Waals surface area contributed by atoms with E-state index in [2.05, 4.69) is 4.98 Å². The third-order valence-electron chi connectivity index (χ3n) is 2.40. The number of carbonyl (C=O) groups is 1. The van der Waals surface area contributed by atoms with Crippen LogP contribution in [0.15, 0.2) is 30.5 Å². The summed E-state index contributed by atoms with van der Waals surface area (Å²) in [6.45, 7) is 1.53. The maximum Gasteiger partial charge on any atom is 0.350 e. The van der Waals surface area contributed by atoms with Gasteiger partial charge in [-0.15, -0.1) is 4.57 Å². The zero-order valence-corrected chi connectivity index (χ0v) is 10.1. The van der Waals surface area contributed by atoms with Crippen LogP contribution in [0.1, 0.15) is 16.2 Å². The fraction of sp³-hybridized carbons (Fsp3) is 0.0909. The van der Waals surface area contributed by atoms with E-state index in [1.807, 2.05) is 0 Å². The van der Waals surface area contributed by atoms with Crippen molar-refractivity contribution in [1.29, 1.82) is 0 Å². The van der Waals surface area contributed by atoms with Crippen molar-refractivity contribution in [3.63, 3.8) is 0 Å². The largest absolute Gasteiger partial charge is 0.358 e. The fourth-order valence-corrected chi connectivity index (χ4v) is 1.66. The van der Waals surface area contributed by atoms with Gasteiger partial charge in [0.15, 0.2) is 0 Å². The maximum absolute atomic E-state index is 12.1. The van der Waals surface area contributed by atoms with Crippen molar-refractivity contribution in [3.05, 3.63) is 57.0 Å². The van der Waals surface area contributed by atoms with Crippen LogP contribution in [-0.2, 0) is 0 Å². The molecule has 0 atom stereocenters. The Morgan fingerprint density at radius 2 is 2.00 bits per heavy atom. The normalized spacial score (nSPS) is 10.3. The molecule has 0 N–H and O–H groups in total. The smallest absolute Gasteiger partial charge is 0.350 e. The molecular weight excluding hydrogens is 258 g/mol. The van der Waals surface area contributed by atoms with Crippen LogP contribution in [0.4, 0.5) is 5.82 Å². The lowest BCUT2D eigenvalue weighted by Gasteiger charge is -2.01. The number of rotatable bonds is 2. The van der Waals surface area contributed by atoms with E-state index in [1.165, 1.54) is 19.1 Å². The van der Waals surface area contributed by atoms with Crippen LogP contribution in [0.3, 0.4) is 0 Å². The molecule has 0 aliphatic carbocycles. The van der Waals surface area contributed by atoms with Crippen molar-refractivity contribution >= 4 is 23.3 Å². The molecule has 0 spiro atoms.